The summed E-state index contributed by atoms with van der Waals surface area (Å²) >= 11 is 0. The maximum absolute atomic E-state index is 11.6. The molecule has 1 fully saturated rings. The molecule has 1 saturated carbocycles. The van der Waals surface area contributed by atoms with Crippen LogP contribution in [0.15, 0.2) is 23.0 Å². The van der Waals surface area contributed by atoms with E-state index in [-0.39, 0.29) is 0 Å². The maximum Gasteiger partial charge on any atom is 0.326 e. The molecule has 2 N–H and O–H groups in total. The van der Waals surface area contributed by atoms with Crippen LogP contribution in [0.1, 0.15) is 29.6 Å². The van der Waals surface area contributed by atoms with Crippen LogP contribution in [0.2, 0.25) is 0 Å². The van der Waals surface area contributed by atoms with Crippen LogP contribution in [-0.4, -0.2) is 23.0 Å². The number of hydrogen-bond donors (Lipinski definition) is 2. The van der Waals surface area contributed by atoms with E-state index < -0.39 is 17.9 Å². The second-order valence-corrected chi connectivity index (χ2v) is 4.06. The predicted octanol–water partition coefficient (Wildman–Crippen LogP) is 1.26. The minimum atomic E-state index is -0.983. The van der Waals surface area contributed by atoms with Crippen molar-refractivity contribution in [3.8, 4) is 0 Å². The fraction of sp³-hybridized carbons (Fsp3) is 0.455. The molecule has 1 aromatic heterocycles. The monoisotopic (exact) mass is 223 g/mol. The maximum atomic E-state index is 11.6. The second-order valence-electron chi connectivity index (χ2n) is 4.06. The van der Waals surface area contributed by atoms with Gasteiger partial charge in [-0.15, -0.1) is 0 Å². The lowest BCUT2D eigenvalue weighted by atomic mass is 10.1. The molecule has 5 nitrogen and oxygen atoms in total. The van der Waals surface area contributed by atoms with Gasteiger partial charge in [-0.25, -0.2) is 4.79 Å². The summed E-state index contributed by atoms with van der Waals surface area (Å²) in [5.41, 5.74) is 0.349. The minimum absolute atomic E-state index is 0.349. The molecular weight excluding hydrogens is 210 g/mol. The summed E-state index contributed by atoms with van der Waals surface area (Å²) < 4.78 is 4.76. The molecule has 86 valence electrons. The van der Waals surface area contributed by atoms with Gasteiger partial charge in [0.05, 0.1) is 11.8 Å². The van der Waals surface area contributed by atoms with Crippen LogP contribution in [0.5, 0.6) is 0 Å². The fourth-order valence-electron chi connectivity index (χ4n) is 1.54. The van der Waals surface area contributed by atoms with Crippen LogP contribution in [0.25, 0.3) is 0 Å². The Labute approximate surface area is 92.4 Å². The Morgan fingerprint density at radius 3 is 2.81 bits per heavy atom. The summed E-state index contributed by atoms with van der Waals surface area (Å²) in [6.07, 6.45) is 5.31. The van der Waals surface area contributed by atoms with Crippen molar-refractivity contribution in [1.29, 1.82) is 0 Å². The average Bonchev–Trinajstić information content (AvgIpc) is 2.89. The zero-order valence-electron chi connectivity index (χ0n) is 8.68. The molecule has 5 heteroatoms. The van der Waals surface area contributed by atoms with Crippen LogP contribution in [0.4, 0.5) is 0 Å². The summed E-state index contributed by atoms with van der Waals surface area (Å²) in [5, 5.41) is 11.4. The third-order valence-corrected chi connectivity index (χ3v) is 2.65. The minimum Gasteiger partial charge on any atom is -0.480 e. The number of carboxylic acid groups (broad SMARTS) is 1. The molecule has 1 unspecified atom stereocenters. The Hall–Kier alpha value is -1.78. The standard InChI is InChI=1S/C11H13NO4/c13-10(8-3-4-16-6-8)12-9(11(14)15)5-7-1-2-7/h3-4,6-7,9H,1-2,5H2,(H,12,13)(H,14,15). The van der Waals surface area contributed by atoms with E-state index >= 15 is 0 Å². The first kappa shape index (κ1) is 10.7. The van der Waals surface area contributed by atoms with Crippen LogP contribution in [-0.2, 0) is 4.79 Å². The van der Waals surface area contributed by atoms with Crippen molar-refractivity contribution in [3.63, 3.8) is 0 Å². The van der Waals surface area contributed by atoms with E-state index in [1.54, 1.807) is 0 Å². The lowest BCUT2D eigenvalue weighted by Gasteiger charge is -2.12. The van der Waals surface area contributed by atoms with Crippen LogP contribution >= 0.6 is 0 Å². The van der Waals surface area contributed by atoms with E-state index in [9.17, 15) is 9.59 Å². The average molecular weight is 223 g/mol. The van der Waals surface area contributed by atoms with E-state index in [4.69, 9.17) is 9.52 Å². The Morgan fingerprint density at radius 1 is 1.56 bits per heavy atom. The Kier molecular flexibility index (Phi) is 2.94. The molecule has 1 atom stereocenters. The highest BCUT2D eigenvalue weighted by molar-refractivity contribution is 5.96. The van der Waals surface area contributed by atoms with E-state index in [0.29, 0.717) is 17.9 Å². The topological polar surface area (TPSA) is 79.5 Å². The molecule has 0 spiro atoms. The van der Waals surface area contributed by atoms with Gasteiger partial charge >= 0.3 is 5.97 Å². The molecule has 0 radical (unpaired) electrons. The molecule has 1 aliphatic rings. The first-order valence-corrected chi connectivity index (χ1v) is 5.22. The van der Waals surface area contributed by atoms with Gasteiger partial charge in [0.1, 0.15) is 12.3 Å². The molecule has 0 bridgehead atoms. The smallest absolute Gasteiger partial charge is 0.326 e. The van der Waals surface area contributed by atoms with Crippen molar-refractivity contribution in [2.75, 3.05) is 0 Å². The molecule has 16 heavy (non-hydrogen) atoms. The highest BCUT2D eigenvalue weighted by Gasteiger charge is 2.30. The Bertz CT molecular complexity index is 381. The zero-order chi connectivity index (χ0) is 11.5. The van der Waals surface area contributed by atoms with Gasteiger partial charge in [0.15, 0.2) is 0 Å². The van der Waals surface area contributed by atoms with E-state index in [0.717, 1.165) is 12.8 Å². The van der Waals surface area contributed by atoms with E-state index in [1.165, 1.54) is 18.6 Å². The molecule has 0 aromatic carbocycles. The molecule has 1 aliphatic carbocycles. The van der Waals surface area contributed by atoms with Gasteiger partial charge in [-0.2, -0.15) is 0 Å². The first-order chi connectivity index (χ1) is 7.66. The van der Waals surface area contributed by atoms with Crippen molar-refractivity contribution in [2.45, 2.75) is 25.3 Å². The van der Waals surface area contributed by atoms with Gasteiger partial charge in [-0.05, 0) is 18.4 Å². The van der Waals surface area contributed by atoms with Gasteiger partial charge < -0.3 is 14.8 Å². The van der Waals surface area contributed by atoms with Crippen molar-refractivity contribution < 1.29 is 19.1 Å². The van der Waals surface area contributed by atoms with Gasteiger partial charge in [-0.1, -0.05) is 12.8 Å². The van der Waals surface area contributed by atoms with Crippen molar-refractivity contribution in [3.05, 3.63) is 24.2 Å². The quantitative estimate of drug-likeness (QED) is 0.787. The molecule has 1 aromatic rings. The van der Waals surface area contributed by atoms with E-state index in [1.807, 2.05) is 0 Å². The number of nitrogens with one attached hydrogen (secondary N) is 1. The lowest BCUT2D eigenvalue weighted by molar-refractivity contribution is -0.139. The normalized spacial score (nSPS) is 16.8. The summed E-state index contributed by atoms with van der Waals surface area (Å²) in [6, 6.07) is 0.709. The van der Waals surface area contributed by atoms with Gasteiger partial charge in [0.2, 0.25) is 0 Å². The summed E-state index contributed by atoms with van der Waals surface area (Å²) in [6.45, 7) is 0. The van der Waals surface area contributed by atoms with Crippen molar-refractivity contribution >= 4 is 11.9 Å². The number of amides is 1. The third kappa shape index (κ3) is 2.62. The number of carbonyl (C=O) groups excluding carboxylic acids is 1. The highest BCUT2D eigenvalue weighted by atomic mass is 16.4. The molecule has 2 rings (SSSR count). The SMILES string of the molecule is O=C(NC(CC1CC1)C(=O)O)c1ccoc1. The van der Waals surface area contributed by atoms with Crippen molar-refractivity contribution in [1.82, 2.24) is 5.32 Å². The fourth-order valence-corrected chi connectivity index (χ4v) is 1.54. The third-order valence-electron chi connectivity index (χ3n) is 2.65. The number of rotatable bonds is 5. The van der Waals surface area contributed by atoms with Crippen LogP contribution in [0.3, 0.4) is 0 Å². The Morgan fingerprint density at radius 2 is 2.31 bits per heavy atom. The number of hydrogen-bond acceptors (Lipinski definition) is 3. The Balaban J connectivity index is 1.94. The number of aliphatic carboxylic acids is 1. The van der Waals surface area contributed by atoms with Crippen LogP contribution < -0.4 is 5.32 Å². The van der Waals surface area contributed by atoms with Crippen LogP contribution in [0, 0.1) is 5.92 Å². The molecule has 0 saturated heterocycles. The van der Waals surface area contributed by atoms with Gasteiger partial charge in [0, 0.05) is 0 Å². The molecule has 1 heterocycles. The predicted molar refractivity (Wildman–Crippen MR) is 54.9 cm³/mol. The van der Waals surface area contributed by atoms with Gasteiger partial charge in [0.25, 0.3) is 5.91 Å². The van der Waals surface area contributed by atoms with Crippen molar-refractivity contribution in [2.24, 2.45) is 5.92 Å². The first-order valence-electron chi connectivity index (χ1n) is 5.22. The molecular formula is C11H13NO4. The molecule has 0 aliphatic heterocycles. The number of furan rings is 1. The largest absolute Gasteiger partial charge is 0.480 e. The number of carboxylic acids is 1. The molecule has 1 amide bonds. The summed E-state index contributed by atoms with van der Waals surface area (Å²) in [7, 11) is 0. The zero-order valence-corrected chi connectivity index (χ0v) is 8.68. The summed E-state index contributed by atoms with van der Waals surface area (Å²) in [4.78, 5) is 22.5. The lowest BCUT2D eigenvalue weighted by Crippen LogP contribution is -2.41. The second kappa shape index (κ2) is 4.38. The van der Waals surface area contributed by atoms with Gasteiger partial charge in [-0.3, -0.25) is 4.79 Å². The van der Waals surface area contributed by atoms with E-state index in [2.05, 4.69) is 5.32 Å². The summed E-state index contributed by atoms with van der Waals surface area (Å²) in [5.74, 6) is -0.934. The number of carbonyl (C=O) groups is 2. The highest BCUT2D eigenvalue weighted by Crippen LogP contribution is 2.33.